The summed E-state index contributed by atoms with van der Waals surface area (Å²) >= 11 is 2.03. The van der Waals surface area contributed by atoms with Crippen LogP contribution in [0.25, 0.3) is 6.08 Å². The lowest BCUT2D eigenvalue weighted by molar-refractivity contribution is -0.384. The molecule has 1 fully saturated rings. The Hall–Kier alpha value is -3.33. The molecule has 43 heavy (non-hydrogen) atoms. The molecule has 2 amide bonds. The Kier molecular flexibility index (Phi) is 10.6. The maximum atomic E-state index is 13.6. The smallest absolute Gasteiger partial charge is 0.271 e. The van der Waals surface area contributed by atoms with Crippen LogP contribution in [0.15, 0.2) is 53.1 Å². The highest BCUT2D eigenvalue weighted by Crippen LogP contribution is 2.47. The van der Waals surface area contributed by atoms with Gasteiger partial charge in [-0.1, -0.05) is 31.1 Å². The van der Waals surface area contributed by atoms with Crippen molar-refractivity contribution in [1.29, 1.82) is 0 Å². The number of ether oxygens (including phenoxy) is 1. The number of hydrogen-bond donors (Lipinski definition) is 4. The lowest BCUT2D eigenvalue weighted by atomic mass is 9.68. The molecular formula is C31H35IN2O9. The van der Waals surface area contributed by atoms with Crippen LogP contribution in [-0.2, 0) is 9.59 Å². The van der Waals surface area contributed by atoms with E-state index in [4.69, 9.17) is 4.74 Å². The predicted molar refractivity (Wildman–Crippen MR) is 167 cm³/mol. The van der Waals surface area contributed by atoms with Crippen molar-refractivity contribution in [3.05, 3.63) is 72.4 Å². The normalized spacial score (nSPS) is 21.3. The van der Waals surface area contributed by atoms with Gasteiger partial charge in [0.1, 0.15) is 0 Å². The van der Waals surface area contributed by atoms with Crippen LogP contribution >= 0.6 is 22.6 Å². The number of nitro benzene ring substituents is 1. The molecule has 230 valence electrons. The third-order valence-electron chi connectivity index (χ3n) is 8.18. The van der Waals surface area contributed by atoms with Crippen LogP contribution in [0, 0.1) is 31.4 Å². The van der Waals surface area contributed by atoms with E-state index in [1.54, 1.807) is 6.07 Å². The van der Waals surface area contributed by atoms with Gasteiger partial charge in [0, 0.05) is 18.1 Å². The number of aliphatic hydroxyl groups is 3. The van der Waals surface area contributed by atoms with Crippen molar-refractivity contribution in [2.24, 2.45) is 17.8 Å². The van der Waals surface area contributed by atoms with Gasteiger partial charge >= 0.3 is 0 Å². The minimum Gasteiger partial charge on any atom is -0.504 e. The van der Waals surface area contributed by atoms with Gasteiger partial charge in [0.25, 0.3) is 5.69 Å². The van der Waals surface area contributed by atoms with Crippen LogP contribution in [0.5, 0.6) is 11.5 Å². The number of carbonyl (C=O) groups is 2. The number of aliphatic hydroxyl groups excluding tert-OH is 3. The maximum absolute atomic E-state index is 13.6. The highest BCUT2D eigenvalue weighted by atomic mass is 127. The number of nitro groups is 1. The van der Waals surface area contributed by atoms with E-state index in [1.807, 2.05) is 41.7 Å². The van der Waals surface area contributed by atoms with Gasteiger partial charge in [-0.05, 0) is 83.2 Å². The fourth-order valence-electron chi connectivity index (χ4n) is 6.24. The molecule has 0 unspecified atom stereocenters. The second-order valence-corrected chi connectivity index (χ2v) is 12.0. The minimum atomic E-state index is -1.09. The first-order valence-electron chi connectivity index (χ1n) is 14.1. The van der Waals surface area contributed by atoms with E-state index in [0.29, 0.717) is 26.9 Å². The van der Waals surface area contributed by atoms with Gasteiger partial charge < -0.3 is 25.2 Å². The minimum absolute atomic E-state index is 0.0312. The van der Waals surface area contributed by atoms with E-state index in [-0.39, 0.29) is 30.0 Å². The molecule has 1 heterocycles. The molecule has 0 spiro atoms. The molecule has 2 aromatic rings. The number of amides is 2. The molecular weight excluding hydrogens is 671 g/mol. The standard InChI is InChI=1S/C31H35IN2O9/c1-3-5-17(10-18-11-24(32)29(38)26(12-18)43-2)8-9-25(37)27-19(15-35)13-22-28(23(27)16-36)31(40)33(30(22)39)20-6-4-7-21(14-20)34(41)42/h4,6-7,10-12,14,22-23,25,28,35-38H,3,5,8-9,13,15-16H2,1-2H3/b17-10+/t22-,23+,25-,28-/m1/s1. The van der Waals surface area contributed by atoms with E-state index >= 15 is 0 Å². The van der Waals surface area contributed by atoms with Crippen LogP contribution in [0.4, 0.5) is 11.4 Å². The molecule has 0 saturated carbocycles. The van der Waals surface area contributed by atoms with E-state index in [2.05, 4.69) is 0 Å². The topological polar surface area (TPSA) is 171 Å². The number of nitrogens with zero attached hydrogens (tertiary/aromatic N) is 2. The number of imide groups is 1. The van der Waals surface area contributed by atoms with E-state index in [1.165, 1.54) is 25.3 Å². The monoisotopic (exact) mass is 706 g/mol. The number of rotatable bonds is 12. The van der Waals surface area contributed by atoms with Crippen molar-refractivity contribution in [2.75, 3.05) is 25.2 Å². The summed E-state index contributed by atoms with van der Waals surface area (Å²) in [6.07, 6.45) is 3.26. The van der Waals surface area contributed by atoms with E-state index in [9.17, 15) is 40.1 Å². The van der Waals surface area contributed by atoms with Gasteiger partial charge in [0.15, 0.2) is 11.5 Å². The van der Waals surface area contributed by atoms with Crippen LogP contribution in [-0.4, -0.2) is 63.6 Å². The van der Waals surface area contributed by atoms with Crippen LogP contribution < -0.4 is 9.64 Å². The fraction of sp³-hybridized carbons (Fsp3) is 0.419. The Labute approximate surface area is 262 Å². The number of hydrogen-bond acceptors (Lipinski definition) is 9. The first-order valence-corrected chi connectivity index (χ1v) is 15.1. The molecule has 4 N–H and O–H groups in total. The third-order valence-corrected chi connectivity index (χ3v) is 9.00. The Balaban J connectivity index is 1.60. The number of allylic oxidation sites excluding steroid dienone is 1. The molecule has 4 atom stereocenters. The van der Waals surface area contributed by atoms with Crippen molar-refractivity contribution >= 4 is 51.9 Å². The summed E-state index contributed by atoms with van der Waals surface area (Å²) in [4.78, 5) is 38.7. The summed E-state index contributed by atoms with van der Waals surface area (Å²) < 4.78 is 5.91. The average Bonchev–Trinajstić information content (AvgIpc) is 3.25. The summed E-state index contributed by atoms with van der Waals surface area (Å²) in [6.45, 7) is 1.06. The molecule has 0 aromatic heterocycles. The number of fused-ring (bicyclic) bond motifs is 1. The molecule has 1 saturated heterocycles. The molecule has 0 bridgehead atoms. The van der Waals surface area contributed by atoms with Crippen LogP contribution in [0.3, 0.4) is 0 Å². The highest BCUT2D eigenvalue weighted by Gasteiger charge is 2.55. The Bertz CT molecular complexity index is 1470. The third kappa shape index (κ3) is 6.61. The molecule has 2 aliphatic rings. The van der Waals surface area contributed by atoms with E-state index < -0.39 is 53.8 Å². The van der Waals surface area contributed by atoms with Crippen LogP contribution in [0.1, 0.15) is 44.6 Å². The summed E-state index contributed by atoms with van der Waals surface area (Å²) in [5.41, 5.74) is 2.44. The lowest BCUT2D eigenvalue weighted by Crippen LogP contribution is -2.39. The van der Waals surface area contributed by atoms with Gasteiger partial charge in [0.05, 0.1) is 52.4 Å². The molecule has 2 aromatic carbocycles. The number of methoxy groups -OCH3 is 1. The maximum Gasteiger partial charge on any atom is 0.271 e. The first kappa shape index (κ1) is 32.6. The van der Waals surface area contributed by atoms with Crippen molar-refractivity contribution in [3.63, 3.8) is 0 Å². The number of aromatic hydroxyl groups is 1. The second-order valence-electron chi connectivity index (χ2n) is 10.8. The summed E-state index contributed by atoms with van der Waals surface area (Å²) in [6, 6.07) is 8.81. The number of non-ortho nitro benzene ring substituents is 1. The van der Waals surface area contributed by atoms with Gasteiger partial charge in [-0.2, -0.15) is 0 Å². The number of anilines is 1. The second kappa shape index (κ2) is 14.0. The quantitative estimate of drug-likeness (QED) is 0.0824. The SMILES string of the molecule is CCC/C(=C\c1cc(I)c(O)c(OC)c1)CC[C@@H](O)C1=C(CO)C[C@H]2C(=O)N(c3cccc([N+](=O)[O-])c3)C(=O)[C@H]2[C@H]1CO. The molecule has 11 nitrogen and oxygen atoms in total. The first-order chi connectivity index (χ1) is 20.6. The molecule has 12 heteroatoms. The number of phenolic OH excluding ortho intramolecular Hbond substituents is 1. The molecule has 1 aliphatic heterocycles. The van der Waals surface area contributed by atoms with Gasteiger partial charge in [-0.15, -0.1) is 0 Å². The van der Waals surface area contributed by atoms with Crippen molar-refractivity contribution in [2.45, 2.75) is 45.1 Å². The van der Waals surface area contributed by atoms with Crippen LogP contribution in [0.2, 0.25) is 0 Å². The average molecular weight is 707 g/mol. The summed E-state index contributed by atoms with van der Waals surface area (Å²) in [5, 5.41) is 53.6. The lowest BCUT2D eigenvalue weighted by Gasteiger charge is -2.36. The predicted octanol–water partition coefficient (Wildman–Crippen LogP) is 4.35. The zero-order valence-electron chi connectivity index (χ0n) is 23.9. The molecule has 1 aliphatic carbocycles. The summed E-state index contributed by atoms with van der Waals surface area (Å²) in [5.74, 6) is -3.50. The largest absolute Gasteiger partial charge is 0.504 e. The highest BCUT2D eigenvalue weighted by molar-refractivity contribution is 14.1. The number of phenols is 1. The van der Waals surface area contributed by atoms with E-state index in [0.717, 1.165) is 34.9 Å². The number of benzene rings is 2. The molecule has 4 rings (SSSR count). The Morgan fingerprint density at radius 1 is 1.21 bits per heavy atom. The number of halogens is 1. The zero-order valence-corrected chi connectivity index (χ0v) is 26.1. The van der Waals surface area contributed by atoms with Gasteiger partial charge in [0.2, 0.25) is 11.8 Å². The fourth-order valence-corrected chi connectivity index (χ4v) is 6.87. The summed E-state index contributed by atoms with van der Waals surface area (Å²) in [7, 11) is 1.48. The number of carbonyl (C=O) groups excluding carboxylic acids is 2. The zero-order chi connectivity index (χ0) is 31.4. The van der Waals surface area contributed by atoms with Gasteiger partial charge in [-0.25, -0.2) is 4.90 Å². The van der Waals surface area contributed by atoms with Gasteiger partial charge in [-0.3, -0.25) is 19.7 Å². The van der Waals surface area contributed by atoms with Crippen molar-refractivity contribution < 1.29 is 39.7 Å². The van der Waals surface area contributed by atoms with Crippen molar-refractivity contribution in [3.8, 4) is 11.5 Å². The van der Waals surface area contributed by atoms with Crippen molar-refractivity contribution in [1.82, 2.24) is 0 Å². The Morgan fingerprint density at radius 3 is 2.58 bits per heavy atom. The molecule has 0 radical (unpaired) electrons. The Morgan fingerprint density at radius 2 is 1.95 bits per heavy atom.